The van der Waals surface area contributed by atoms with Crippen LogP contribution < -0.4 is 5.32 Å². The van der Waals surface area contributed by atoms with Gasteiger partial charge in [-0.3, -0.25) is 0 Å². The number of aromatic nitrogens is 2. The summed E-state index contributed by atoms with van der Waals surface area (Å²) in [4.78, 5) is 9.31. The van der Waals surface area contributed by atoms with Crippen LogP contribution >= 0.6 is 27.5 Å². The molecule has 0 atom stereocenters. The Balaban J connectivity index is 2.53. The maximum Gasteiger partial charge on any atom is 0.161 e. The second kappa shape index (κ2) is 7.23. The van der Waals surface area contributed by atoms with Crippen molar-refractivity contribution < 1.29 is 0 Å². The first-order valence-electron chi connectivity index (χ1n) is 7.13. The lowest BCUT2D eigenvalue weighted by Crippen LogP contribution is -2.06. The summed E-state index contributed by atoms with van der Waals surface area (Å²) in [7, 11) is 0. The van der Waals surface area contributed by atoms with E-state index in [0.717, 1.165) is 51.5 Å². The number of anilines is 1. The van der Waals surface area contributed by atoms with Gasteiger partial charge in [-0.2, -0.15) is 0 Å². The molecule has 0 saturated heterocycles. The summed E-state index contributed by atoms with van der Waals surface area (Å²) in [6.07, 6.45) is 1.95. The molecule has 2 aromatic rings. The molecule has 0 radical (unpaired) electrons. The molecule has 112 valence electrons. The Morgan fingerprint density at radius 1 is 1.24 bits per heavy atom. The Hall–Kier alpha value is -1.13. The van der Waals surface area contributed by atoms with E-state index in [4.69, 9.17) is 11.6 Å². The first-order valence-corrected chi connectivity index (χ1v) is 8.30. The molecule has 0 amide bonds. The number of benzene rings is 1. The second-order valence-electron chi connectivity index (χ2n) is 4.90. The van der Waals surface area contributed by atoms with E-state index in [1.807, 2.05) is 25.1 Å². The van der Waals surface area contributed by atoms with E-state index in [0.29, 0.717) is 5.82 Å². The molecule has 5 heteroatoms. The van der Waals surface area contributed by atoms with Crippen LogP contribution in [0.4, 0.5) is 5.82 Å². The molecule has 0 aliphatic heterocycles. The number of nitrogens with zero attached hydrogens (tertiary/aromatic N) is 2. The van der Waals surface area contributed by atoms with Crippen LogP contribution in [-0.2, 0) is 6.42 Å². The van der Waals surface area contributed by atoms with Crippen LogP contribution in [0.15, 0.2) is 22.7 Å². The van der Waals surface area contributed by atoms with E-state index in [1.54, 1.807) is 0 Å². The first-order chi connectivity index (χ1) is 10.1. The summed E-state index contributed by atoms with van der Waals surface area (Å²) in [6.45, 7) is 7.00. The van der Waals surface area contributed by atoms with Gasteiger partial charge in [-0.1, -0.05) is 37.1 Å². The third-order valence-electron chi connectivity index (χ3n) is 3.18. The maximum atomic E-state index is 6.22. The highest BCUT2D eigenvalue weighted by Gasteiger charge is 2.13. The minimum absolute atomic E-state index is 0.708. The van der Waals surface area contributed by atoms with Gasteiger partial charge in [0.15, 0.2) is 5.82 Å². The molecule has 0 fully saturated rings. The Kier molecular flexibility index (Phi) is 5.59. The smallest absolute Gasteiger partial charge is 0.161 e. The SMILES string of the molecule is CCCc1nc(-c2ccc(C)c(Cl)c2)nc(NCC)c1Br. The van der Waals surface area contributed by atoms with Crippen molar-refractivity contribution in [3.05, 3.63) is 39.0 Å². The van der Waals surface area contributed by atoms with Gasteiger partial charge in [0.25, 0.3) is 0 Å². The molecule has 1 N–H and O–H groups in total. The summed E-state index contributed by atoms with van der Waals surface area (Å²) < 4.78 is 0.952. The molecule has 1 aromatic heterocycles. The molecule has 3 nitrogen and oxygen atoms in total. The summed E-state index contributed by atoms with van der Waals surface area (Å²) >= 11 is 9.82. The molecule has 1 aromatic carbocycles. The van der Waals surface area contributed by atoms with E-state index in [2.05, 4.69) is 45.1 Å². The second-order valence-corrected chi connectivity index (χ2v) is 6.10. The monoisotopic (exact) mass is 367 g/mol. The van der Waals surface area contributed by atoms with Crippen LogP contribution in [0.3, 0.4) is 0 Å². The maximum absolute atomic E-state index is 6.22. The van der Waals surface area contributed by atoms with Crippen molar-refractivity contribution >= 4 is 33.3 Å². The average Bonchev–Trinajstić information content (AvgIpc) is 2.46. The number of aryl methyl sites for hydroxylation is 2. The van der Waals surface area contributed by atoms with Crippen LogP contribution in [0.25, 0.3) is 11.4 Å². The van der Waals surface area contributed by atoms with Gasteiger partial charge >= 0.3 is 0 Å². The van der Waals surface area contributed by atoms with Crippen molar-refractivity contribution in [2.75, 3.05) is 11.9 Å². The molecule has 0 aliphatic carbocycles. The third-order valence-corrected chi connectivity index (χ3v) is 4.42. The first kappa shape index (κ1) is 16.2. The lowest BCUT2D eigenvalue weighted by Gasteiger charge is -2.12. The fourth-order valence-corrected chi connectivity index (χ4v) is 2.74. The van der Waals surface area contributed by atoms with Crippen LogP contribution in [0.1, 0.15) is 31.5 Å². The normalized spacial score (nSPS) is 10.7. The Morgan fingerprint density at radius 3 is 2.62 bits per heavy atom. The Morgan fingerprint density at radius 2 is 2.00 bits per heavy atom. The van der Waals surface area contributed by atoms with E-state index in [9.17, 15) is 0 Å². The van der Waals surface area contributed by atoms with Gasteiger partial charge in [0.1, 0.15) is 5.82 Å². The summed E-state index contributed by atoms with van der Waals surface area (Å²) in [5.74, 6) is 1.54. The van der Waals surface area contributed by atoms with Crippen molar-refractivity contribution in [3.63, 3.8) is 0 Å². The van der Waals surface area contributed by atoms with Gasteiger partial charge < -0.3 is 5.32 Å². The van der Waals surface area contributed by atoms with Gasteiger partial charge in [0.05, 0.1) is 10.2 Å². The molecule has 1 heterocycles. The highest BCUT2D eigenvalue weighted by Crippen LogP contribution is 2.29. The molecular weight excluding hydrogens is 350 g/mol. The number of halogens is 2. The van der Waals surface area contributed by atoms with Gasteiger partial charge in [-0.25, -0.2) is 9.97 Å². The van der Waals surface area contributed by atoms with Gasteiger partial charge in [-0.05, 0) is 47.8 Å². The number of hydrogen-bond donors (Lipinski definition) is 1. The molecule has 2 rings (SSSR count). The molecule has 21 heavy (non-hydrogen) atoms. The molecular formula is C16H19BrClN3. The molecule has 0 bridgehead atoms. The zero-order valence-electron chi connectivity index (χ0n) is 12.5. The Labute approximate surface area is 139 Å². The summed E-state index contributed by atoms with van der Waals surface area (Å²) in [5, 5.41) is 4.02. The minimum atomic E-state index is 0.708. The van der Waals surface area contributed by atoms with Crippen LogP contribution in [-0.4, -0.2) is 16.5 Å². The largest absolute Gasteiger partial charge is 0.369 e. The zero-order valence-corrected chi connectivity index (χ0v) is 14.8. The quantitative estimate of drug-likeness (QED) is 0.783. The Bertz CT molecular complexity index is 616. The number of hydrogen-bond acceptors (Lipinski definition) is 3. The van der Waals surface area contributed by atoms with Gasteiger partial charge in [-0.15, -0.1) is 0 Å². The molecule has 0 saturated carbocycles. The number of rotatable bonds is 5. The zero-order chi connectivity index (χ0) is 15.4. The van der Waals surface area contributed by atoms with Crippen LogP contribution in [0, 0.1) is 6.92 Å². The topological polar surface area (TPSA) is 37.8 Å². The highest BCUT2D eigenvalue weighted by atomic mass is 79.9. The summed E-state index contributed by atoms with van der Waals surface area (Å²) in [6, 6.07) is 5.93. The van der Waals surface area contributed by atoms with E-state index in [-0.39, 0.29) is 0 Å². The lowest BCUT2D eigenvalue weighted by molar-refractivity contribution is 0.867. The van der Waals surface area contributed by atoms with E-state index in [1.165, 1.54) is 0 Å². The molecule has 0 aliphatic rings. The van der Waals surface area contributed by atoms with Crippen molar-refractivity contribution in [2.45, 2.75) is 33.6 Å². The van der Waals surface area contributed by atoms with Crippen LogP contribution in [0.5, 0.6) is 0 Å². The van der Waals surface area contributed by atoms with Crippen molar-refractivity contribution in [1.82, 2.24) is 9.97 Å². The number of nitrogens with one attached hydrogen (secondary N) is 1. The highest BCUT2D eigenvalue weighted by molar-refractivity contribution is 9.10. The van der Waals surface area contributed by atoms with Crippen molar-refractivity contribution in [1.29, 1.82) is 0 Å². The van der Waals surface area contributed by atoms with Gasteiger partial charge in [0, 0.05) is 17.1 Å². The standard InChI is InChI=1S/C16H19BrClN3/c1-4-6-13-14(17)16(19-5-2)21-15(20-13)11-8-7-10(3)12(18)9-11/h7-9H,4-6H2,1-3H3,(H,19,20,21). The molecule has 0 spiro atoms. The average molecular weight is 369 g/mol. The van der Waals surface area contributed by atoms with Crippen molar-refractivity contribution in [3.8, 4) is 11.4 Å². The molecule has 0 unspecified atom stereocenters. The van der Waals surface area contributed by atoms with Gasteiger partial charge in [0.2, 0.25) is 0 Å². The van der Waals surface area contributed by atoms with E-state index >= 15 is 0 Å². The summed E-state index contributed by atoms with van der Waals surface area (Å²) in [5.41, 5.74) is 3.02. The van der Waals surface area contributed by atoms with Crippen molar-refractivity contribution in [2.24, 2.45) is 0 Å². The lowest BCUT2D eigenvalue weighted by atomic mass is 10.1. The van der Waals surface area contributed by atoms with Crippen LogP contribution in [0.2, 0.25) is 5.02 Å². The van der Waals surface area contributed by atoms with E-state index < -0.39 is 0 Å². The predicted octanol–water partition coefficient (Wildman–Crippen LogP) is 5.25. The third kappa shape index (κ3) is 3.74. The minimum Gasteiger partial charge on any atom is -0.369 e. The fourth-order valence-electron chi connectivity index (χ4n) is 2.04. The fraction of sp³-hybridized carbons (Fsp3) is 0.375. The predicted molar refractivity (Wildman–Crippen MR) is 93.1 cm³/mol.